The monoisotopic (exact) mass is 402 g/mol. The normalized spacial score (nSPS) is 15.6. The molecule has 158 valence electrons. The number of nitrogens with two attached hydrogens (primary N) is 1. The minimum absolute atomic E-state index is 0.0361. The molecule has 0 spiro atoms. The van der Waals surface area contributed by atoms with Gasteiger partial charge in [0.05, 0.1) is 0 Å². The van der Waals surface area contributed by atoms with Gasteiger partial charge in [0.25, 0.3) is 0 Å². The summed E-state index contributed by atoms with van der Waals surface area (Å²) in [5.74, 6) is -0.0876. The van der Waals surface area contributed by atoms with E-state index in [1.807, 2.05) is 30.3 Å². The smallest absolute Gasteiger partial charge is 0.413 e. The molecule has 1 heterocycles. The summed E-state index contributed by atoms with van der Waals surface area (Å²) in [6.07, 6.45) is 1.74. The Kier molecular flexibility index (Phi) is 7.64. The SMILES string of the molecule is CC(C)(C)OC(=O)NC(=N)C=C(N)C1CCN(C(=O)OCc2ccccc2)CC1. The van der Waals surface area contributed by atoms with Crippen molar-refractivity contribution < 1.29 is 19.1 Å². The maximum Gasteiger partial charge on any atom is 0.413 e. The van der Waals surface area contributed by atoms with Crippen LogP contribution in [-0.4, -0.2) is 41.6 Å². The molecular formula is C21H30N4O4. The van der Waals surface area contributed by atoms with E-state index in [-0.39, 0.29) is 24.5 Å². The lowest BCUT2D eigenvalue weighted by Crippen LogP contribution is -2.40. The van der Waals surface area contributed by atoms with E-state index < -0.39 is 11.7 Å². The van der Waals surface area contributed by atoms with Crippen LogP contribution in [0.3, 0.4) is 0 Å². The molecule has 1 aliphatic rings. The number of nitrogens with zero attached hydrogens (tertiary/aromatic N) is 1. The summed E-state index contributed by atoms with van der Waals surface area (Å²) < 4.78 is 10.5. The Morgan fingerprint density at radius 1 is 1.24 bits per heavy atom. The molecule has 2 amide bonds. The van der Waals surface area contributed by atoms with Gasteiger partial charge in [0.2, 0.25) is 0 Å². The zero-order valence-corrected chi connectivity index (χ0v) is 17.2. The topological polar surface area (TPSA) is 118 Å². The van der Waals surface area contributed by atoms with E-state index in [2.05, 4.69) is 5.32 Å². The Hall–Kier alpha value is -3.03. The number of rotatable bonds is 4. The average molecular weight is 402 g/mol. The summed E-state index contributed by atoms with van der Waals surface area (Å²) in [6, 6.07) is 9.53. The average Bonchev–Trinajstić information content (AvgIpc) is 2.65. The van der Waals surface area contributed by atoms with Crippen molar-refractivity contribution in [1.82, 2.24) is 10.2 Å². The molecule has 0 aliphatic carbocycles. The van der Waals surface area contributed by atoms with Gasteiger partial charge in [0.1, 0.15) is 18.0 Å². The number of piperidine rings is 1. The highest BCUT2D eigenvalue weighted by Crippen LogP contribution is 2.22. The lowest BCUT2D eigenvalue weighted by molar-refractivity contribution is 0.0563. The van der Waals surface area contributed by atoms with Gasteiger partial charge in [-0.2, -0.15) is 0 Å². The number of ether oxygens (including phenoxy) is 2. The highest BCUT2D eigenvalue weighted by molar-refractivity contribution is 6.00. The summed E-state index contributed by atoms with van der Waals surface area (Å²) in [4.78, 5) is 25.6. The molecule has 0 radical (unpaired) electrons. The molecular weight excluding hydrogens is 372 g/mol. The van der Waals surface area contributed by atoms with Crippen molar-refractivity contribution in [2.75, 3.05) is 13.1 Å². The van der Waals surface area contributed by atoms with Gasteiger partial charge in [-0.1, -0.05) is 30.3 Å². The first kappa shape index (κ1) is 22.3. The number of allylic oxidation sites excluding steroid dienone is 1. The van der Waals surface area contributed by atoms with Crippen molar-refractivity contribution in [2.24, 2.45) is 11.7 Å². The number of likely N-dealkylation sites (tertiary alicyclic amines) is 1. The van der Waals surface area contributed by atoms with Crippen LogP contribution in [0.1, 0.15) is 39.2 Å². The molecule has 29 heavy (non-hydrogen) atoms. The molecule has 0 aromatic heterocycles. The second kappa shape index (κ2) is 9.95. The molecule has 1 fully saturated rings. The van der Waals surface area contributed by atoms with Gasteiger partial charge >= 0.3 is 12.2 Å². The van der Waals surface area contributed by atoms with Crippen molar-refractivity contribution in [3.8, 4) is 0 Å². The van der Waals surface area contributed by atoms with Crippen LogP contribution in [0.15, 0.2) is 42.1 Å². The largest absolute Gasteiger partial charge is 0.445 e. The lowest BCUT2D eigenvalue weighted by atomic mass is 9.93. The predicted molar refractivity (Wildman–Crippen MR) is 110 cm³/mol. The van der Waals surface area contributed by atoms with Crippen LogP contribution in [0.5, 0.6) is 0 Å². The molecule has 1 saturated heterocycles. The second-order valence-corrected chi connectivity index (χ2v) is 7.99. The van der Waals surface area contributed by atoms with E-state index in [1.165, 1.54) is 6.08 Å². The fraction of sp³-hybridized carbons (Fsp3) is 0.476. The molecule has 1 aliphatic heterocycles. The van der Waals surface area contributed by atoms with Gasteiger partial charge in [-0.05, 0) is 45.3 Å². The number of nitrogens with one attached hydrogen (secondary N) is 2. The molecule has 0 bridgehead atoms. The third-order valence-electron chi connectivity index (χ3n) is 4.38. The standard InChI is InChI=1S/C21H30N4O4/c1-21(2,3)29-19(26)24-18(23)13-17(22)16-9-11-25(12-10-16)20(27)28-14-15-7-5-4-6-8-15/h4-8,13,16H,9-12,14,22H2,1-3H3,(H2,23,24,26). The van der Waals surface area contributed by atoms with Crippen molar-refractivity contribution in [3.05, 3.63) is 47.7 Å². The van der Waals surface area contributed by atoms with E-state index in [1.54, 1.807) is 25.7 Å². The van der Waals surface area contributed by atoms with Crippen LogP contribution in [0.25, 0.3) is 0 Å². The van der Waals surface area contributed by atoms with E-state index in [0.717, 1.165) is 5.56 Å². The predicted octanol–water partition coefficient (Wildman–Crippen LogP) is 3.38. The first-order valence-electron chi connectivity index (χ1n) is 9.65. The second-order valence-electron chi connectivity index (χ2n) is 7.99. The maximum atomic E-state index is 12.2. The summed E-state index contributed by atoms with van der Waals surface area (Å²) in [6.45, 7) is 6.55. The van der Waals surface area contributed by atoms with Crippen molar-refractivity contribution in [3.63, 3.8) is 0 Å². The number of alkyl carbamates (subject to hydrolysis) is 1. The van der Waals surface area contributed by atoms with E-state index in [4.69, 9.17) is 20.6 Å². The summed E-state index contributed by atoms with van der Waals surface area (Å²) in [7, 11) is 0. The Balaban J connectivity index is 1.77. The van der Waals surface area contributed by atoms with Crippen molar-refractivity contribution >= 4 is 18.0 Å². The third kappa shape index (κ3) is 7.85. The van der Waals surface area contributed by atoms with Crippen LogP contribution < -0.4 is 11.1 Å². The fourth-order valence-corrected chi connectivity index (χ4v) is 2.94. The van der Waals surface area contributed by atoms with Crippen LogP contribution >= 0.6 is 0 Å². The zero-order valence-electron chi connectivity index (χ0n) is 17.2. The number of carbonyl (C=O) groups excluding carboxylic acids is 2. The summed E-state index contributed by atoms with van der Waals surface area (Å²) >= 11 is 0. The van der Waals surface area contributed by atoms with Gasteiger partial charge in [0.15, 0.2) is 0 Å². The Bertz CT molecular complexity index is 748. The number of hydrogen-bond acceptors (Lipinski definition) is 6. The molecule has 0 saturated carbocycles. The zero-order chi connectivity index (χ0) is 21.4. The Labute approximate surface area is 171 Å². The summed E-state index contributed by atoms with van der Waals surface area (Å²) in [5.41, 5.74) is 6.91. The fourth-order valence-electron chi connectivity index (χ4n) is 2.94. The first-order chi connectivity index (χ1) is 13.6. The number of amides is 2. The molecule has 8 nitrogen and oxygen atoms in total. The number of carbonyl (C=O) groups is 2. The highest BCUT2D eigenvalue weighted by atomic mass is 16.6. The van der Waals surface area contributed by atoms with Gasteiger partial charge in [0, 0.05) is 24.7 Å². The minimum Gasteiger partial charge on any atom is -0.445 e. The van der Waals surface area contributed by atoms with Gasteiger partial charge in [-0.15, -0.1) is 0 Å². The third-order valence-corrected chi connectivity index (χ3v) is 4.38. The van der Waals surface area contributed by atoms with Gasteiger partial charge in [-0.25, -0.2) is 9.59 Å². The molecule has 2 rings (SSSR count). The Morgan fingerprint density at radius 3 is 2.45 bits per heavy atom. The first-order valence-corrected chi connectivity index (χ1v) is 9.65. The lowest BCUT2D eigenvalue weighted by Gasteiger charge is -2.31. The van der Waals surface area contributed by atoms with E-state index >= 15 is 0 Å². The molecule has 0 atom stereocenters. The van der Waals surface area contributed by atoms with Crippen LogP contribution in [-0.2, 0) is 16.1 Å². The van der Waals surface area contributed by atoms with E-state index in [0.29, 0.717) is 31.6 Å². The van der Waals surface area contributed by atoms with Crippen molar-refractivity contribution in [2.45, 2.75) is 45.8 Å². The summed E-state index contributed by atoms with van der Waals surface area (Å²) in [5, 5.41) is 10.2. The van der Waals surface area contributed by atoms with Crippen LogP contribution in [0, 0.1) is 11.3 Å². The number of hydrogen-bond donors (Lipinski definition) is 3. The minimum atomic E-state index is -0.692. The highest BCUT2D eigenvalue weighted by Gasteiger charge is 2.25. The van der Waals surface area contributed by atoms with E-state index in [9.17, 15) is 9.59 Å². The molecule has 1 aromatic rings. The quantitative estimate of drug-likeness (QED) is 0.527. The number of benzene rings is 1. The maximum absolute atomic E-state index is 12.2. The molecule has 4 N–H and O–H groups in total. The van der Waals surface area contributed by atoms with Crippen LogP contribution in [0.4, 0.5) is 9.59 Å². The molecule has 1 aromatic carbocycles. The van der Waals surface area contributed by atoms with Gasteiger partial charge < -0.3 is 20.1 Å². The van der Waals surface area contributed by atoms with Crippen molar-refractivity contribution in [1.29, 1.82) is 5.41 Å². The van der Waals surface area contributed by atoms with Crippen LogP contribution in [0.2, 0.25) is 0 Å². The van der Waals surface area contributed by atoms with Gasteiger partial charge in [-0.3, -0.25) is 10.7 Å². The number of amidine groups is 1. The molecule has 0 unspecified atom stereocenters. The Morgan fingerprint density at radius 2 is 1.86 bits per heavy atom. The molecule has 8 heteroatoms.